The normalized spacial score (nSPS) is 10.4. The Morgan fingerprint density at radius 1 is 1.11 bits per heavy atom. The minimum absolute atomic E-state index is 0.0554. The summed E-state index contributed by atoms with van der Waals surface area (Å²) in [5.41, 5.74) is 2.36. The summed E-state index contributed by atoms with van der Waals surface area (Å²) in [6.07, 6.45) is 0. The average molecular weight is 415 g/mol. The summed E-state index contributed by atoms with van der Waals surface area (Å²) in [5, 5.41) is 14.4. The maximum absolute atomic E-state index is 12.2. The molecule has 7 nitrogen and oxygen atoms in total. The van der Waals surface area contributed by atoms with Gasteiger partial charge in [0.1, 0.15) is 5.75 Å². The van der Waals surface area contributed by atoms with Crippen molar-refractivity contribution in [3.05, 3.63) is 59.7 Å². The van der Waals surface area contributed by atoms with Gasteiger partial charge in [-0.1, -0.05) is 53.4 Å². The number of nitrogens with zero attached hydrogens (tertiary/aromatic N) is 2. The number of imide groups is 1. The molecule has 0 atom stereocenters. The number of anilines is 2. The number of para-hydroxylation sites is 2. The maximum Gasteiger partial charge on any atom is 0.261 e. The first-order chi connectivity index (χ1) is 13.6. The molecule has 0 unspecified atom stereocenters. The molecule has 0 bridgehead atoms. The van der Waals surface area contributed by atoms with Crippen molar-refractivity contribution in [1.82, 2.24) is 15.5 Å². The van der Waals surface area contributed by atoms with Crippen molar-refractivity contribution in [2.24, 2.45) is 0 Å². The zero-order valence-corrected chi connectivity index (χ0v) is 16.9. The van der Waals surface area contributed by atoms with Crippen LogP contribution in [0.2, 0.25) is 0 Å². The van der Waals surface area contributed by atoms with E-state index in [9.17, 15) is 9.59 Å². The van der Waals surface area contributed by atoms with Crippen LogP contribution >= 0.6 is 23.1 Å². The number of methoxy groups -OCH3 is 1. The van der Waals surface area contributed by atoms with Crippen molar-refractivity contribution in [3.8, 4) is 5.75 Å². The monoisotopic (exact) mass is 414 g/mol. The molecular weight excluding hydrogens is 396 g/mol. The molecule has 0 aliphatic heterocycles. The second-order valence-electron chi connectivity index (χ2n) is 5.68. The molecule has 0 radical (unpaired) electrons. The highest BCUT2D eigenvalue weighted by atomic mass is 32.2. The predicted octanol–water partition coefficient (Wildman–Crippen LogP) is 3.65. The number of thioether (sulfide) groups is 1. The molecule has 0 aliphatic carbocycles. The van der Waals surface area contributed by atoms with Crippen molar-refractivity contribution in [2.75, 3.05) is 18.2 Å². The smallest absolute Gasteiger partial charge is 0.261 e. The number of carbonyl (C=O) groups excluding carboxylic acids is 2. The van der Waals surface area contributed by atoms with E-state index in [1.54, 1.807) is 24.3 Å². The molecule has 2 N–H and O–H groups in total. The van der Waals surface area contributed by atoms with Crippen LogP contribution in [-0.2, 0) is 4.79 Å². The Morgan fingerprint density at radius 3 is 2.64 bits per heavy atom. The molecule has 0 saturated carbocycles. The summed E-state index contributed by atoms with van der Waals surface area (Å²) in [4.78, 5) is 24.3. The van der Waals surface area contributed by atoms with Crippen LogP contribution < -0.4 is 15.4 Å². The number of aromatic nitrogens is 2. The zero-order chi connectivity index (χ0) is 19.9. The molecule has 28 heavy (non-hydrogen) atoms. The fraction of sp³-hybridized carbons (Fsp3) is 0.158. The summed E-state index contributed by atoms with van der Waals surface area (Å²) < 4.78 is 5.77. The minimum Gasteiger partial charge on any atom is -0.496 e. The number of carbonyl (C=O) groups is 2. The number of rotatable bonds is 7. The number of amides is 2. The number of nitrogens with one attached hydrogen (secondary N) is 2. The van der Waals surface area contributed by atoms with Crippen LogP contribution in [-0.4, -0.2) is 34.9 Å². The molecule has 0 saturated heterocycles. The third-order valence-corrected chi connectivity index (χ3v) is 5.70. The summed E-state index contributed by atoms with van der Waals surface area (Å²) in [5.74, 6) is -0.442. The Labute approximate surface area is 170 Å². The summed E-state index contributed by atoms with van der Waals surface area (Å²) in [6, 6.07) is 14.6. The lowest BCUT2D eigenvalue weighted by Gasteiger charge is -2.07. The van der Waals surface area contributed by atoms with Gasteiger partial charge in [-0.15, -0.1) is 10.2 Å². The van der Waals surface area contributed by atoms with Crippen molar-refractivity contribution in [3.63, 3.8) is 0 Å². The van der Waals surface area contributed by atoms with Crippen molar-refractivity contribution in [1.29, 1.82) is 0 Å². The van der Waals surface area contributed by atoms with Crippen molar-refractivity contribution in [2.45, 2.75) is 11.3 Å². The topological polar surface area (TPSA) is 93.2 Å². The van der Waals surface area contributed by atoms with Crippen LogP contribution in [0.3, 0.4) is 0 Å². The van der Waals surface area contributed by atoms with E-state index in [1.807, 2.05) is 31.2 Å². The molecule has 3 aromatic rings. The van der Waals surface area contributed by atoms with Gasteiger partial charge in [0.2, 0.25) is 11.0 Å². The van der Waals surface area contributed by atoms with Crippen LogP contribution in [0, 0.1) is 6.92 Å². The van der Waals surface area contributed by atoms with Gasteiger partial charge >= 0.3 is 0 Å². The van der Waals surface area contributed by atoms with Crippen LogP contribution in [0.15, 0.2) is 52.9 Å². The molecule has 2 aromatic carbocycles. The Balaban J connectivity index is 1.53. The molecule has 1 aromatic heterocycles. The summed E-state index contributed by atoms with van der Waals surface area (Å²) >= 11 is 2.57. The van der Waals surface area contributed by atoms with Crippen LogP contribution in [0.5, 0.6) is 5.75 Å². The van der Waals surface area contributed by atoms with Gasteiger partial charge in [-0.05, 0) is 30.7 Å². The number of hydrogen-bond acceptors (Lipinski definition) is 8. The van der Waals surface area contributed by atoms with E-state index in [1.165, 1.54) is 30.2 Å². The fourth-order valence-corrected chi connectivity index (χ4v) is 3.90. The number of benzene rings is 2. The van der Waals surface area contributed by atoms with Gasteiger partial charge in [-0.3, -0.25) is 14.9 Å². The van der Waals surface area contributed by atoms with E-state index >= 15 is 0 Å². The van der Waals surface area contributed by atoms with E-state index in [-0.39, 0.29) is 5.75 Å². The van der Waals surface area contributed by atoms with Crippen LogP contribution in [0.25, 0.3) is 0 Å². The highest BCUT2D eigenvalue weighted by Crippen LogP contribution is 2.28. The fourth-order valence-electron chi connectivity index (χ4n) is 2.34. The Kier molecular flexibility index (Phi) is 6.62. The van der Waals surface area contributed by atoms with Gasteiger partial charge in [0.15, 0.2) is 4.34 Å². The van der Waals surface area contributed by atoms with E-state index in [4.69, 9.17) is 4.74 Å². The van der Waals surface area contributed by atoms with E-state index in [0.29, 0.717) is 20.8 Å². The third-order valence-electron chi connectivity index (χ3n) is 3.72. The van der Waals surface area contributed by atoms with Crippen molar-refractivity contribution < 1.29 is 14.3 Å². The third kappa shape index (κ3) is 5.08. The molecule has 1 heterocycles. The molecule has 3 rings (SSSR count). The van der Waals surface area contributed by atoms with Crippen molar-refractivity contribution >= 4 is 45.7 Å². The largest absolute Gasteiger partial charge is 0.496 e. The highest BCUT2D eigenvalue weighted by Gasteiger charge is 2.15. The molecular formula is C19H18N4O3S2. The first-order valence-electron chi connectivity index (χ1n) is 8.33. The highest BCUT2D eigenvalue weighted by molar-refractivity contribution is 8.01. The molecule has 0 fully saturated rings. The van der Waals surface area contributed by atoms with Crippen LogP contribution in [0.4, 0.5) is 10.8 Å². The second-order valence-corrected chi connectivity index (χ2v) is 7.88. The van der Waals surface area contributed by atoms with E-state index in [0.717, 1.165) is 11.3 Å². The van der Waals surface area contributed by atoms with Crippen LogP contribution in [0.1, 0.15) is 15.9 Å². The zero-order valence-electron chi connectivity index (χ0n) is 15.3. The molecule has 2 amide bonds. The predicted molar refractivity (Wildman–Crippen MR) is 111 cm³/mol. The number of hydrogen-bond donors (Lipinski definition) is 2. The van der Waals surface area contributed by atoms with Gasteiger partial charge in [-0.2, -0.15) is 0 Å². The van der Waals surface area contributed by atoms with Gasteiger partial charge in [0.25, 0.3) is 5.91 Å². The Hall–Kier alpha value is -2.91. The molecule has 9 heteroatoms. The first kappa shape index (κ1) is 19.8. The Morgan fingerprint density at radius 2 is 1.86 bits per heavy atom. The standard InChI is InChI=1S/C19H18N4O3S2/c1-12-7-3-5-9-14(12)20-18-22-23-19(28-18)27-11-16(24)21-17(25)13-8-4-6-10-15(13)26-2/h3-10H,11H2,1-2H3,(H,20,22)(H,21,24,25). The Bertz CT molecular complexity index is 991. The summed E-state index contributed by atoms with van der Waals surface area (Å²) in [7, 11) is 1.47. The number of ether oxygens (including phenoxy) is 1. The quantitative estimate of drug-likeness (QED) is 0.570. The average Bonchev–Trinajstić information content (AvgIpc) is 3.15. The number of aryl methyl sites for hydroxylation is 1. The lowest BCUT2D eigenvalue weighted by atomic mass is 10.2. The summed E-state index contributed by atoms with van der Waals surface area (Å²) in [6.45, 7) is 2.00. The minimum atomic E-state index is -0.498. The first-order valence-corrected chi connectivity index (χ1v) is 10.1. The van der Waals surface area contributed by atoms with Gasteiger partial charge in [0, 0.05) is 5.69 Å². The SMILES string of the molecule is COc1ccccc1C(=O)NC(=O)CSc1nnc(Nc2ccccc2C)s1. The lowest BCUT2D eigenvalue weighted by Crippen LogP contribution is -2.32. The maximum atomic E-state index is 12.2. The second kappa shape index (κ2) is 9.34. The van der Waals surface area contributed by atoms with Gasteiger partial charge in [-0.25, -0.2) is 0 Å². The van der Waals surface area contributed by atoms with E-state index < -0.39 is 11.8 Å². The van der Waals surface area contributed by atoms with Gasteiger partial charge in [0.05, 0.1) is 18.4 Å². The van der Waals surface area contributed by atoms with Gasteiger partial charge < -0.3 is 10.1 Å². The molecule has 0 spiro atoms. The molecule has 144 valence electrons. The molecule has 0 aliphatic rings. The lowest BCUT2D eigenvalue weighted by molar-refractivity contribution is -0.117. The van der Waals surface area contributed by atoms with E-state index in [2.05, 4.69) is 20.8 Å².